The molecule has 0 spiro atoms. The lowest BCUT2D eigenvalue weighted by Crippen LogP contribution is -1.91. The number of benzene rings is 1. The molecule has 21 heavy (non-hydrogen) atoms. The van der Waals surface area contributed by atoms with Crippen LogP contribution in [0.4, 0.5) is 0 Å². The first kappa shape index (κ1) is 12.8. The summed E-state index contributed by atoms with van der Waals surface area (Å²) in [5, 5.41) is 18.5. The Bertz CT molecular complexity index is 923. The molecule has 0 N–H and O–H groups in total. The van der Waals surface area contributed by atoms with Crippen molar-refractivity contribution in [1.82, 2.24) is 29.4 Å². The van der Waals surface area contributed by atoms with Crippen molar-refractivity contribution in [3.63, 3.8) is 0 Å². The number of fused-ring (bicyclic) bond motifs is 1. The monoisotopic (exact) mass is 334 g/mol. The zero-order valence-electron chi connectivity index (χ0n) is 10.7. The van der Waals surface area contributed by atoms with E-state index in [0.29, 0.717) is 10.8 Å². The summed E-state index contributed by atoms with van der Waals surface area (Å²) >= 11 is 8.71. The second-order valence-corrected chi connectivity index (χ2v) is 6.66. The quantitative estimate of drug-likeness (QED) is 0.562. The molecule has 9 heteroatoms. The van der Waals surface area contributed by atoms with Crippen molar-refractivity contribution in [2.45, 2.75) is 6.92 Å². The summed E-state index contributed by atoms with van der Waals surface area (Å²) in [5.41, 5.74) is 1.72. The van der Waals surface area contributed by atoms with E-state index in [1.165, 1.54) is 22.9 Å². The van der Waals surface area contributed by atoms with Crippen molar-refractivity contribution < 1.29 is 0 Å². The van der Waals surface area contributed by atoms with Gasteiger partial charge in [-0.3, -0.25) is 0 Å². The Hall–Kier alpha value is -1.90. The third-order valence-electron chi connectivity index (χ3n) is 2.95. The van der Waals surface area contributed by atoms with Crippen LogP contribution in [0.25, 0.3) is 27.1 Å². The number of hydrogen-bond acceptors (Lipinski definition) is 7. The molecule has 1 aromatic carbocycles. The molecule has 0 unspecified atom stereocenters. The fourth-order valence-electron chi connectivity index (χ4n) is 1.92. The van der Waals surface area contributed by atoms with Gasteiger partial charge in [-0.2, -0.15) is 9.61 Å². The molecule has 0 aliphatic carbocycles. The number of aromatic nitrogens is 6. The molecule has 6 nitrogen and oxygen atoms in total. The zero-order valence-corrected chi connectivity index (χ0v) is 13.1. The lowest BCUT2D eigenvalue weighted by atomic mass is 10.2. The Morgan fingerprint density at radius 1 is 1.10 bits per heavy atom. The minimum Gasteiger partial charge on any atom is -0.182 e. The molecule has 0 atom stereocenters. The molecular formula is C12H7ClN6S2. The molecule has 0 amide bonds. The van der Waals surface area contributed by atoms with Gasteiger partial charge in [0.05, 0.1) is 4.88 Å². The summed E-state index contributed by atoms with van der Waals surface area (Å²) in [5.74, 6) is 0.685. The van der Waals surface area contributed by atoms with E-state index >= 15 is 0 Å². The average molecular weight is 335 g/mol. The molecular weight excluding hydrogens is 328 g/mol. The van der Waals surface area contributed by atoms with Crippen LogP contribution in [-0.2, 0) is 0 Å². The molecule has 0 bridgehead atoms. The van der Waals surface area contributed by atoms with Gasteiger partial charge in [0.1, 0.15) is 5.69 Å². The minimum absolute atomic E-state index is 0.683. The Kier molecular flexibility index (Phi) is 2.95. The molecule has 3 heterocycles. The lowest BCUT2D eigenvalue weighted by Gasteiger charge is -1.96. The summed E-state index contributed by atoms with van der Waals surface area (Å²) in [4.78, 5) is 1.76. The third-order valence-corrected chi connectivity index (χ3v) is 4.74. The smallest absolute Gasteiger partial charge is 0.182 e. The predicted molar refractivity (Wildman–Crippen MR) is 82.7 cm³/mol. The van der Waals surface area contributed by atoms with Crippen LogP contribution < -0.4 is 0 Å². The van der Waals surface area contributed by atoms with Crippen LogP contribution in [0, 0.1) is 6.92 Å². The Balaban J connectivity index is 1.87. The van der Waals surface area contributed by atoms with Gasteiger partial charge in [0, 0.05) is 10.6 Å². The van der Waals surface area contributed by atoms with E-state index < -0.39 is 0 Å². The highest BCUT2D eigenvalue weighted by molar-refractivity contribution is 7.20. The summed E-state index contributed by atoms with van der Waals surface area (Å²) < 4.78 is 5.67. The number of hydrogen-bond donors (Lipinski definition) is 0. The molecule has 0 saturated carbocycles. The van der Waals surface area contributed by atoms with Crippen molar-refractivity contribution in [3.8, 4) is 22.1 Å². The summed E-state index contributed by atoms with van der Waals surface area (Å²) in [6, 6.07) is 7.43. The van der Waals surface area contributed by atoms with Crippen molar-refractivity contribution in [1.29, 1.82) is 0 Å². The van der Waals surface area contributed by atoms with Crippen LogP contribution >= 0.6 is 34.5 Å². The maximum atomic E-state index is 5.91. The normalized spacial score (nSPS) is 11.3. The molecule has 4 rings (SSSR count). The SMILES string of the molecule is Cc1snnc1-c1nn2c(-c3ccc(Cl)cc3)nnc2s1. The van der Waals surface area contributed by atoms with E-state index in [1.807, 2.05) is 31.2 Å². The minimum atomic E-state index is 0.683. The van der Waals surface area contributed by atoms with Crippen LogP contribution in [0.3, 0.4) is 0 Å². The topological polar surface area (TPSA) is 68.9 Å². The first-order valence-electron chi connectivity index (χ1n) is 6.00. The standard InChI is InChI=1S/C12H7ClN6S2/c1-6-9(14-18-21-6)11-17-19-10(15-16-12(19)20-11)7-2-4-8(13)5-3-7/h2-5H,1H3. The highest BCUT2D eigenvalue weighted by atomic mass is 35.5. The fraction of sp³-hybridized carbons (Fsp3) is 0.0833. The van der Waals surface area contributed by atoms with E-state index in [9.17, 15) is 0 Å². The zero-order chi connectivity index (χ0) is 14.4. The van der Waals surface area contributed by atoms with Gasteiger partial charge in [-0.25, -0.2) is 0 Å². The van der Waals surface area contributed by atoms with E-state index in [2.05, 4.69) is 24.9 Å². The highest BCUT2D eigenvalue weighted by Gasteiger charge is 2.17. The summed E-state index contributed by atoms with van der Waals surface area (Å²) in [7, 11) is 0. The van der Waals surface area contributed by atoms with Crippen LogP contribution in [0.1, 0.15) is 4.88 Å². The van der Waals surface area contributed by atoms with Crippen LogP contribution in [-0.4, -0.2) is 29.4 Å². The number of halogens is 1. The van der Waals surface area contributed by atoms with Gasteiger partial charge >= 0.3 is 0 Å². The van der Waals surface area contributed by atoms with Crippen molar-refractivity contribution in [2.75, 3.05) is 0 Å². The van der Waals surface area contributed by atoms with Crippen LogP contribution in [0.15, 0.2) is 24.3 Å². The molecule has 0 saturated heterocycles. The first-order valence-corrected chi connectivity index (χ1v) is 7.96. The summed E-state index contributed by atoms with van der Waals surface area (Å²) in [6.07, 6.45) is 0. The molecule has 104 valence electrons. The largest absolute Gasteiger partial charge is 0.235 e. The Morgan fingerprint density at radius 2 is 1.90 bits per heavy atom. The number of rotatable bonds is 2. The van der Waals surface area contributed by atoms with Gasteiger partial charge in [-0.05, 0) is 42.7 Å². The second-order valence-electron chi connectivity index (χ2n) is 4.31. The maximum absolute atomic E-state index is 5.91. The summed E-state index contributed by atoms with van der Waals surface area (Å²) in [6.45, 7) is 1.97. The van der Waals surface area contributed by atoms with Crippen LogP contribution in [0.5, 0.6) is 0 Å². The van der Waals surface area contributed by atoms with Crippen molar-refractivity contribution in [3.05, 3.63) is 34.2 Å². The second kappa shape index (κ2) is 4.83. The maximum Gasteiger partial charge on any atom is 0.235 e. The predicted octanol–water partition coefficient (Wildman–Crippen LogP) is 3.33. The third kappa shape index (κ3) is 2.11. The lowest BCUT2D eigenvalue weighted by molar-refractivity contribution is 0.964. The molecule has 3 aromatic heterocycles. The van der Waals surface area contributed by atoms with Crippen LogP contribution in [0.2, 0.25) is 5.02 Å². The highest BCUT2D eigenvalue weighted by Crippen LogP contribution is 2.29. The van der Waals surface area contributed by atoms with E-state index in [-0.39, 0.29) is 0 Å². The Labute approximate surface area is 132 Å². The van der Waals surface area contributed by atoms with Gasteiger partial charge in [0.25, 0.3) is 0 Å². The fourth-order valence-corrected chi connectivity index (χ4v) is 3.46. The molecule has 0 radical (unpaired) electrons. The van der Waals surface area contributed by atoms with E-state index in [4.69, 9.17) is 11.6 Å². The van der Waals surface area contributed by atoms with Crippen molar-refractivity contribution in [2.24, 2.45) is 0 Å². The van der Waals surface area contributed by atoms with Gasteiger partial charge < -0.3 is 0 Å². The van der Waals surface area contributed by atoms with Crippen molar-refractivity contribution >= 4 is 39.4 Å². The molecule has 4 aromatic rings. The van der Waals surface area contributed by atoms with Gasteiger partial charge in [-0.1, -0.05) is 27.4 Å². The first-order chi connectivity index (χ1) is 10.2. The number of nitrogens with zero attached hydrogens (tertiary/aromatic N) is 6. The molecule has 0 aliphatic rings. The van der Waals surface area contributed by atoms with E-state index in [0.717, 1.165) is 26.1 Å². The number of aryl methyl sites for hydroxylation is 1. The average Bonchev–Trinajstić information content (AvgIpc) is 3.14. The van der Waals surface area contributed by atoms with Gasteiger partial charge in [0.2, 0.25) is 4.96 Å². The van der Waals surface area contributed by atoms with Gasteiger partial charge in [-0.15, -0.1) is 15.3 Å². The molecule has 0 aliphatic heterocycles. The Morgan fingerprint density at radius 3 is 2.62 bits per heavy atom. The molecule has 0 fully saturated rings. The van der Waals surface area contributed by atoms with Gasteiger partial charge in [0.15, 0.2) is 10.8 Å². The van der Waals surface area contributed by atoms with E-state index in [1.54, 1.807) is 4.52 Å².